The molecule has 5 heteroatoms. The molecule has 0 spiro atoms. The molecule has 0 bridgehead atoms. The van der Waals surface area contributed by atoms with Crippen LogP contribution in [0.3, 0.4) is 0 Å². The molecule has 0 aliphatic heterocycles. The number of thiocarbonyl (C=S) groups is 1. The van der Waals surface area contributed by atoms with Crippen molar-refractivity contribution >= 4 is 23.3 Å². The second-order valence-corrected chi connectivity index (χ2v) is 4.87. The normalized spacial score (nSPS) is 12.1. The molecule has 0 heterocycles. The highest BCUT2D eigenvalue weighted by atomic mass is 32.1. The Hall–Kier alpha value is -0.840. The Bertz CT molecular complexity index is 245. The third kappa shape index (κ3) is 7.96. The number of methoxy groups -OCH3 is 1. The van der Waals surface area contributed by atoms with Crippen LogP contribution in [0.1, 0.15) is 40.0 Å². The summed E-state index contributed by atoms with van der Waals surface area (Å²) in [6.45, 7) is 7.07. The van der Waals surface area contributed by atoms with E-state index < -0.39 is 0 Å². The van der Waals surface area contributed by atoms with E-state index in [1.807, 2.05) is 0 Å². The van der Waals surface area contributed by atoms with E-state index in [-0.39, 0.29) is 12.0 Å². The topological polar surface area (TPSA) is 50.4 Å². The fourth-order valence-corrected chi connectivity index (χ4v) is 1.66. The van der Waals surface area contributed by atoms with Gasteiger partial charge in [-0.15, -0.1) is 0 Å². The van der Waals surface area contributed by atoms with Crippen LogP contribution in [-0.2, 0) is 9.53 Å². The molecule has 0 rings (SSSR count). The first-order valence-corrected chi connectivity index (χ1v) is 6.54. The molecule has 0 fully saturated rings. The minimum Gasteiger partial charge on any atom is -0.467 e. The van der Waals surface area contributed by atoms with Gasteiger partial charge < -0.3 is 15.4 Å². The van der Waals surface area contributed by atoms with Crippen LogP contribution < -0.4 is 10.6 Å². The molecule has 0 aromatic rings. The lowest BCUT2D eigenvalue weighted by Gasteiger charge is -2.20. The van der Waals surface area contributed by atoms with Gasteiger partial charge in [0.05, 0.1) is 7.11 Å². The standard InChI is InChI=1S/C12H24N2O2S/c1-5-6-7-13-12(17)14-10(8-9(2)3)11(15)16-4/h9-10H,5-8H2,1-4H3,(H2,13,14,17). The molecule has 2 N–H and O–H groups in total. The summed E-state index contributed by atoms with van der Waals surface area (Å²) in [7, 11) is 1.39. The van der Waals surface area contributed by atoms with E-state index in [4.69, 9.17) is 17.0 Å². The first-order valence-electron chi connectivity index (χ1n) is 6.13. The van der Waals surface area contributed by atoms with Crippen LogP contribution in [0.4, 0.5) is 0 Å². The highest BCUT2D eigenvalue weighted by Gasteiger charge is 2.20. The largest absolute Gasteiger partial charge is 0.467 e. The molecule has 0 amide bonds. The SMILES string of the molecule is CCCCNC(=S)NC(CC(C)C)C(=O)OC. The second-order valence-electron chi connectivity index (χ2n) is 4.46. The van der Waals surface area contributed by atoms with E-state index in [2.05, 4.69) is 31.4 Å². The Morgan fingerprint density at radius 3 is 2.53 bits per heavy atom. The lowest BCUT2D eigenvalue weighted by atomic mass is 10.0. The van der Waals surface area contributed by atoms with Crippen molar-refractivity contribution in [2.24, 2.45) is 5.92 Å². The Morgan fingerprint density at radius 1 is 1.41 bits per heavy atom. The average molecular weight is 260 g/mol. The molecular formula is C12H24N2O2S. The zero-order valence-corrected chi connectivity index (χ0v) is 12.0. The van der Waals surface area contributed by atoms with Gasteiger partial charge in [0.15, 0.2) is 5.11 Å². The van der Waals surface area contributed by atoms with Gasteiger partial charge in [-0.25, -0.2) is 4.79 Å². The Morgan fingerprint density at radius 2 is 2.06 bits per heavy atom. The van der Waals surface area contributed by atoms with E-state index in [1.165, 1.54) is 7.11 Å². The maximum atomic E-state index is 11.5. The van der Waals surface area contributed by atoms with Gasteiger partial charge in [0, 0.05) is 6.54 Å². The molecule has 0 aliphatic rings. The summed E-state index contributed by atoms with van der Waals surface area (Å²) in [4.78, 5) is 11.5. The van der Waals surface area contributed by atoms with Crippen LogP contribution in [0.25, 0.3) is 0 Å². The van der Waals surface area contributed by atoms with Gasteiger partial charge in [-0.3, -0.25) is 0 Å². The smallest absolute Gasteiger partial charge is 0.328 e. The molecule has 17 heavy (non-hydrogen) atoms. The molecule has 0 radical (unpaired) electrons. The Balaban J connectivity index is 4.13. The van der Waals surface area contributed by atoms with E-state index in [1.54, 1.807) is 0 Å². The summed E-state index contributed by atoms with van der Waals surface area (Å²) in [5.41, 5.74) is 0. The summed E-state index contributed by atoms with van der Waals surface area (Å²) >= 11 is 5.13. The minimum absolute atomic E-state index is 0.265. The molecule has 0 saturated heterocycles. The lowest BCUT2D eigenvalue weighted by molar-refractivity contribution is -0.143. The number of nitrogens with one attached hydrogen (secondary N) is 2. The third-order valence-corrected chi connectivity index (χ3v) is 2.58. The van der Waals surface area contributed by atoms with E-state index >= 15 is 0 Å². The maximum Gasteiger partial charge on any atom is 0.328 e. The summed E-state index contributed by atoms with van der Waals surface area (Å²) in [5, 5.41) is 6.61. The van der Waals surface area contributed by atoms with Gasteiger partial charge in [0.2, 0.25) is 0 Å². The molecule has 4 nitrogen and oxygen atoms in total. The van der Waals surface area contributed by atoms with Crippen molar-refractivity contribution in [1.29, 1.82) is 0 Å². The molecule has 0 aromatic heterocycles. The average Bonchev–Trinajstić information content (AvgIpc) is 2.27. The van der Waals surface area contributed by atoms with Gasteiger partial charge in [-0.1, -0.05) is 27.2 Å². The van der Waals surface area contributed by atoms with Crippen molar-refractivity contribution in [1.82, 2.24) is 10.6 Å². The molecule has 1 atom stereocenters. The van der Waals surface area contributed by atoms with Crippen LogP contribution in [0.2, 0.25) is 0 Å². The number of ether oxygens (including phenoxy) is 1. The first kappa shape index (κ1) is 16.2. The second kappa shape index (κ2) is 9.22. The first-order chi connectivity index (χ1) is 8.01. The fraction of sp³-hybridized carbons (Fsp3) is 0.833. The third-order valence-electron chi connectivity index (χ3n) is 2.31. The zero-order valence-electron chi connectivity index (χ0n) is 11.2. The van der Waals surface area contributed by atoms with E-state index in [0.29, 0.717) is 17.5 Å². The predicted octanol–water partition coefficient (Wildman–Crippen LogP) is 1.84. The van der Waals surface area contributed by atoms with Crippen LogP contribution in [-0.4, -0.2) is 30.8 Å². The van der Waals surface area contributed by atoms with Crippen molar-refractivity contribution in [3.63, 3.8) is 0 Å². The van der Waals surface area contributed by atoms with Crippen molar-refractivity contribution in [3.05, 3.63) is 0 Å². The van der Waals surface area contributed by atoms with E-state index in [0.717, 1.165) is 19.4 Å². The zero-order chi connectivity index (χ0) is 13.3. The van der Waals surface area contributed by atoms with Crippen molar-refractivity contribution in [2.45, 2.75) is 46.1 Å². The molecule has 0 saturated carbocycles. The highest BCUT2D eigenvalue weighted by molar-refractivity contribution is 7.80. The number of carbonyl (C=O) groups excluding carboxylic acids is 1. The summed E-state index contributed by atoms with van der Waals surface area (Å²) in [6.07, 6.45) is 2.89. The number of rotatable bonds is 7. The molecule has 0 aliphatic carbocycles. The Labute approximate surface area is 109 Å². The van der Waals surface area contributed by atoms with Gasteiger partial charge in [0.25, 0.3) is 0 Å². The molecule has 1 unspecified atom stereocenters. The van der Waals surface area contributed by atoms with Gasteiger partial charge >= 0.3 is 5.97 Å². The minimum atomic E-state index is -0.360. The highest BCUT2D eigenvalue weighted by Crippen LogP contribution is 2.06. The molecule has 100 valence electrons. The van der Waals surface area contributed by atoms with E-state index in [9.17, 15) is 4.79 Å². The van der Waals surface area contributed by atoms with Gasteiger partial charge in [-0.2, -0.15) is 0 Å². The monoisotopic (exact) mass is 260 g/mol. The van der Waals surface area contributed by atoms with Crippen molar-refractivity contribution in [2.75, 3.05) is 13.7 Å². The van der Waals surface area contributed by atoms with Crippen LogP contribution in [0.15, 0.2) is 0 Å². The predicted molar refractivity (Wildman–Crippen MR) is 73.9 cm³/mol. The lowest BCUT2D eigenvalue weighted by Crippen LogP contribution is -2.47. The summed E-state index contributed by atoms with van der Waals surface area (Å²) in [5.74, 6) is 0.142. The number of hydrogen-bond donors (Lipinski definition) is 2. The quantitative estimate of drug-likeness (QED) is 0.415. The molecule has 0 aromatic carbocycles. The summed E-state index contributed by atoms with van der Waals surface area (Å²) < 4.78 is 4.75. The van der Waals surface area contributed by atoms with Crippen molar-refractivity contribution in [3.8, 4) is 0 Å². The van der Waals surface area contributed by atoms with Gasteiger partial charge in [-0.05, 0) is 31.0 Å². The Kier molecular flexibility index (Phi) is 8.76. The number of carbonyl (C=O) groups is 1. The van der Waals surface area contributed by atoms with Crippen molar-refractivity contribution < 1.29 is 9.53 Å². The van der Waals surface area contributed by atoms with Crippen LogP contribution >= 0.6 is 12.2 Å². The maximum absolute atomic E-state index is 11.5. The number of hydrogen-bond acceptors (Lipinski definition) is 3. The van der Waals surface area contributed by atoms with Crippen LogP contribution in [0.5, 0.6) is 0 Å². The number of unbranched alkanes of at least 4 members (excludes halogenated alkanes) is 1. The fourth-order valence-electron chi connectivity index (χ4n) is 1.42. The number of esters is 1. The van der Waals surface area contributed by atoms with Crippen LogP contribution in [0, 0.1) is 5.92 Å². The summed E-state index contributed by atoms with van der Waals surface area (Å²) in [6, 6.07) is -0.360. The van der Waals surface area contributed by atoms with Gasteiger partial charge in [0.1, 0.15) is 6.04 Å². The molecular weight excluding hydrogens is 236 g/mol.